The summed E-state index contributed by atoms with van der Waals surface area (Å²) in [7, 11) is 0. The monoisotopic (exact) mass is 521 g/mol. The molecule has 12 heteroatoms. The molecule has 35 heavy (non-hydrogen) atoms. The molecule has 1 aromatic carbocycles. The van der Waals surface area contributed by atoms with E-state index >= 15 is 0 Å². The second-order valence-corrected chi connectivity index (χ2v) is 9.86. The van der Waals surface area contributed by atoms with Crippen LogP contribution < -0.4 is 16.4 Å². The molecule has 1 atom stereocenters. The second-order valence-electron chi connectivity index (χ2n) is 9.04. The van der Waals surface area contributed by atoms with E-state index in [4.69, 9.17) is 43.6 Å². The highest BCUT2D eigenvalue weighted by atomic mass is 35.5. The number of ether oxygens (including phenoxy) is 1. The summed E-state index contributed by atoms with van der Waals surface area (Å²) in [6, 6.07) is 2.53. The Bertz CT molecular complexity index is 1220. The zero-order chi connectivity index (χ0) is 24.5. The molecule has 0 spiro atoms. The van der Waals surface area contributed by atoms with Gasteiger partial charge in [-0.1, -0.05) is 23.2 Å². The molecular weight excluding hydrogens is 496 g/mol. The van der Waals surface area contributed by atoms with Crippen LogP contribution in [0.1, 0.15) is 44.6 Å². The third kappa shape index (κ3) is 5.14. The van der Waals surface area contributed by atoms with Gasteiger partial charge in [0.1, 0.15) is 11.3 Å². The molecule has 1 amide bonds. The Morgan fingerprint density at radius 3 is 2.54 bits per heavy atom. The molecule has 1 aliphatic carbocycles. The number of hydrogen-bond acceptors (Lipinski definition) is 7. The van der Waals surface area contributed by atoms with Crippen molar-refractivity contribution in [2.75, 3.05) is 23.8 Å². The van der Waals surface area contributed by atoms with Gasteiger partial charge in [0.2, 0.25) is 17.8 Å². The van der Waals surface area contributed by atoms with Gasteiger partial charge in [-0.3, -0.25) is 9.36 Å². The molecule has 5 rings (SSSR count). The van der Waals surface area contributed by atoms with Gasteiger partial charge < -0.3 is 21.1 Å². The minimum Gasteiger partial charge on any atom is -0.379 e. The van der Waals surface area contributed by atoms with Gasteiger partial charge in [0, 0.05) is 18.6 Å². The van der Waals surface area contributed by atoms with Gasteiger partial charge in [-0.25, -0.2) is 14.4 Å². The van der Waals surface area contributed by atoms with Crippen LogP contribution in [0.5, 0.6) is 0 Å². The fourth-order valence-electron chi connectivity index (χ4n) is 4.82. The minimum atomic E-state index is -0.530. The van der Waals surface area contributed by atoms with Crippen LogP contribution in [-0.4, -0.2) is 44.7 Å². The van der Waals surface area contributed by atoms with E-state index in [1.165, 1.54) is 12.1 Å². The summed E-state index contributed by atoms with van der Waals surface area (Å²) >= 11 is 12.6. The number of carbonyl (C=O) groups is 1. The maximum absolute atomic E-state index is 13.7. The summed E-state index contributed by atoms with van der Waals surface area (Å²) < 4.78 is 21.3. The standard InChI is InChI=1S/C23H26Cl2FN7O2/c24-16-8-13(26)9-17(25)19(16)31-23-30-18-10-28-22(29-14-2-1-7-35-11-14)32-21(18)33(23)15-5-3-12(4-6-15)20(27)34/h8-10,12,14-15H,1-7,11H2,(H2,27,34)(H,30,31)(H,28,29,32)/t12-,14-,15-/m0/s1. The molecule has 2 aliphatic rings. The highest BCUT2D eigenvalue weighted by molar-refractivity contribution is 6.39. The molecule has 0 radical (unpaired) electrons. The number of amides is 1. The number of aromatic nitrogens is 4. The maximum atomic E-state index is 13.7. The van der Waals surface area contributed by atoms with Gasteiger partial charge >= 0.3 is 0 Å². The number of rotatable bonds is 6. The maximum Gasteiger partial charge on any atom is 0.225 e. The lowest BCUT2D eigenvalue weighted by Gasteiger charge is -2.29. The fraction of sp³-hybridized carbons (Fsp3) is 0.478. The van der Waals surface area contributed by atoms with Gasteiger partial charge in [0.25, 0.3) is 0 Å². The Morgan fingerprint density at radius 2 is 1.89 bits per heavy atom. The molecule has 9 nitrogen and oxygen atoms in total. The quantitative estimate of drug-likeness (QED) is 0.425. The molecule has 3 aromatic rings. The van der Waals surface area contributed by atoms with Crippen molar-refractivity contribution in [3.05, 3.63) is 34.2 Å². The molecule has 186 valence electrons. The topological polar surface area (TPSA) is 120 Å². The summed E-state index contributed by atoms with van der Waals surface area (Å²) in [5, 5.41) is 6.81. The van der Waals surface area contributed by atoms with Crippen LogP contribution in [-0.2, 0) is 9.53 Å². The Hall–Kier alpha value is -2.69. The van der Waals surface area contributed by atoms with E-state index in [-0.39, 0.29) is 34.0 Å². The van der Waals surface area contributed by atoms with E-state index in [0.717, 1.165) is 32.3 Å². The fourth-order valence-corrected chi connectivity index (χ4v) is 5.38. The molecule has 0 bridgehead atoms. The van der Waals surface area contributed by atoms with Crippen molar-refractivity contribution in [3.8, 4) is 0 Å². The lowest BCUT2D eigenvalue weighted by molar-refractivity contribution is -0.122. The van der Waals surface area contributed by atoms with E-state index < -0.39 is 5.82 Å². The van der Waals surface area contributed by atoms with E-state index in [1.807, 2.05) is 4.57 Å². The Balaban J connectivity index is 1.52. The molecular formula is C23H26Cl2FN7O2. The molecule has 1 aliphatic heterocycles. The van der Waals surface area contributed by atoms with Crippen LogP contribution in [0.4, 0.5) is 22.0 Å². The molecule has 0 unspecified atom stereocenters. The number of anilines is 3. The number of nitrogens with two attached hydrogens (primary N) is 1. The first-order valence-electron chi connectivity index (χ1n) is 11.7. The summed E-state index contributed by atoms with van der Waals surface area (Å²) in [5.41, 5.74) is 7.11. The normalized spacial score (nSPS) is 22.8. The highest BCUT2D eigenvalue weighted by Gasteiger charge is 2.29. The van der Waals surface area contributed by atoms with Crippen molar-refractivity contribution in [2.45, 2.75) is 50.6 Å². The third-order valence-electron chi connectivity index (χ3n) is 6.63. The molecule has 1 saturated heterocycles. The Morgan fingerprint density at radius 1 is 1.14 bits per heavy atom. The SMILES string of the molecule is NC(=O)[C@H]1CC[C@H](n2c(Nc3c(Cl)cc(F)cc3Cl)nc3cnc(N[C@H]4CCCOC4)nc32)CC1. The van der Waals surface area contributed by atoms with Gasteiger partial charge in [-0.15, -0.1) is 0 Å². The molecule has 3 heterocycles. The van der Waals surface area contributed by atoms with Gasteiger partial charge in [0.15, 0.2) is 5.65 Å². The zero-order valence-corrected chi connectivity index (χ0v) is 20.4. The van der Waals surface area contributed by atoms with Crippen molar-refractivity contribution in [1.29, 1.82) is 0 Å². The summed E-state index contributed by atoms with van der Waals surface area (Å²) in [4.78, 5) is 25.6. The van der Waals surface area contributed by atoms with Crippen LogP contribution in [0.3, 0.4) is 0 Å². The van der Waals surface area contributed by atoms with E-state index in [0.29, 0.717) is 48.2 Å². The van der Waals surface area contributed by atoms with Crippen molar-refractivity contribution in [3.63, 3.8) is 0 Å². The molecule has 2 fully saturated rings. The zero-order valence-electron chi connectivity index (χ0n) is 18.9. The van der Waals surface area contributed by atoms with Crippen LogP contribution >= 0.6 is 23.2 Å². The lowest BCUT2D eigenvalue weighted by atomic mass is 9.85. The summed E-state index contributed by atoms with van der Waals surface area (Å²) in [6.45, 7) is 1.37. The third-order valence-corrected chi connectivity index (χ3v) is 7.23. The highest BCUT2D eigenvalue weighted by Crippen LogP contribution is 2.39. The molecule has 2 aromatic heterocycles. The van der Waals surface area contributed by atoms with Crippen LogP contribution in [0.2, 0.25) is 10.0 Å². The van der Waals surface area contributed by atoms with Crippen LogP contribution in [0.25, 0.3) is 11.2 Å². The first kappa shape index (κ1) is 24.0. The lowest BCUT2D eigenvalue weighted by Crippen LogP contribution is -2.31. The van der Waals surface area contributed by atoms with Gasteiger partial charge in [0.05, 0.1) is 34.6 Å². The number of halogens is 3. The number of imidazole rings is 1. The summed E-state index contributed by atoms with van der Waals surface area (Å²) in [6.07, 6.45) is 6.42. The van der Waals surface area contributed by atoms with E-state index in [9.17, 15) is 9.18 Å². The predicted molar refractivity (Wildman–Crippen MR) is 133 cm³/mol. The van der Waals surface area contributed by atoms with Crippen molar-refractivity contribution < 1.29 is 13.9 Å². The summed E-state index contributed by atoms with van der Waals surface area (Å²) in [5.74, 6) is 0.00844. The smallest absolute Gasteiger partial charge is 0.225 e. The van der Waals surface area contributed by atoms with E-state index in [2.05, 4.69) is 15.6 Å². The first-order chi connectivity index (χ1) is 16.9. The van der Waals surface area contributed by atoms with Crippen LogP contribution in [0, 0.1) is 11.7 Å². The number of nitrogens with zero attached hydrogens (tertiary/aromatic N) is 4. The number of benzene rings is 1. The number of carbonyl (C=O) groups excluding carboxylic acids is 1. The number of nitrogens with one attached hydrogen (secondary N) is 2. The van der Waals surface area contributed by atoms with Crippen molar-refractivity contribution >= 4 is 57.9 Å². The first-order valence-corrected chi connectivity index (χ1v) is 12.4. The molecule has 1 saturated carbocycles. The van der Waals surface area contributed by atoms with Gasteiger partial charge in [-0.05, 0) is 50.7 Å². The van der Waals surface area contributed by atoms with Crippen molar-refractivity contribution in [2.24, 2.45) is 11.7 Å². The number of hydrogen-bond donors (Lipinski definition) is 3. The van der Waals surface area contributed by atoms with Crippen molar-refractivity contribution in [1.82, 2.24) is 19.5 Å². The Kier molecular flexibility index (Phi) is 6.95. The minimum absolute atomic E-state index is 0.0110. The average molecular weight is 522 g/mol. The Labute approximate surface area is 211 Å². The number of fused-ring (bicyclic) bond motifs is 1. The molecule has 4 N–H and O–H groups in total. The van der Waals surface area contributed by atoms with E-state index in [1.54, 1.807) is 6.20 Å². The van der Waals surface area contributed by atoms with Crippen LogP contribution in [0.15, 0.2) is 18.3 Å². The average Bonchev–Trinajstić information content (AvgIpc) is 3.19. The largest absolute Gasteiger partial charge is 0.379 e. The van der Waals surface area contributed by atoms with Gasteiger partial charge in [-0.2, -0.15) is 4.98 Å². The predicted octanol–water partition coefficient (Wildman–Crippen LogP) is 4.82. The second kappa shape index (κ2) is 10.1. The number of primary amides is 1.